The minimum Gasteiger partial charge on any atom is -0.326 e. The van der Waals surface area contributed by atoms with Crippen molar-refractivity contribution in [3.05, 3.63) is 34.9 Å². The first-order valence-corrected chi connectivity index (χ1v) is 4.36. The second kappa shape index (κ2) is 4.48. The summed E-state index contributed by atoms with van der Waals surface area (Å²) in [7, 11) is 3.65. The van der Waals surface area contributed by atoms with E-state index in [9.17, 15) is 8.78 Å². The third kappa shape index (κ3) is 2.49. The van der Waals surface area contributed by atoms with Crippen LogP contribution in [0.1, 0.15) is 11.1 Å². The second-order valence-electron chi connectivity index (χ2n) is 3.48. The molecule has 0 radical (unpaired) electrons. The molecule has 0 aliphatic carbocycles. The van der Waals surface area contributed by atoms with Gasteiger partial charge in [0.25, 0.3) is 0 Å². The molecular weight excluding hydrogens is 186 g/mol. The highest BCUT2D eigenvalue weighted by Crippen LogP contribution is 2.15. The van der Waals surface area contributed by atoms with Crippen molar-refractivity contribution in [3.8, 4) is 0 Å². The van der Waals surface area contributed by atoms with E-state index in [2.05, 4.69) is 0 Å². The van der Waals surface area contributed by atoms with Gasteiger partial charge in [0.05, 0.1) is 0 Å². The topological polar surface area (TPSA) is 29.3 Å². The third-order valence-electron chi connectivity index (χ3n) is 1.92. The standard InChI is InChI=1S/C10H14F2N2/c1-14(2)6-8-3-7(5-13)9(11)4-10(8)12/h3-4H,5-6,13H2,1-2H3. The number of rotatable bonds is 3. The van der Waals surface area contributed by atoms with Crippen LogP contribution in [0.4, 0.5) is 8.78 Å². The Hall–Kier alpha value is -1.00. The molecule has 0 amide bonds. The quantitative estimate of drug-likeness (QED) is 0.800. The molecule has 0 unspecified atom stereocenters. The Bertz CT molecular complexity index is 324. The first-order valence-electron chi connectivity index (χ1n) is 4.36. The fourth-order valence-electron chi connectivity index (χ4n) is 1.26. The third-order valence-corrected chi connectivity index (χ3v) is 1.92. The predicted molar refractivity (Wildman–Crippen MR) is 51.6 cm³/mol. The van der Waals surface area contributed by atoms with Crippen LogP contribution >= 0.6 is 0 Å². The smallest absolute Gasteiger partial charge is 0.130 e. The van der Waals surface area contributed by atoms with Gasteiger partial charge in [-0.15, -0.1) is 0 Å². The lowest BCUT2D eigenvalue weighted by atomic mass is 10.1. The summed E-state index contributed by atoms with van der Waals surface area (Å²) in [5.74, 6) is -1.10. The molecule has 4 heteroatoms. The lowest BCUT2D eigenvalue weighted by Gasteiger charge is -2.12. The Labute approximate surface area is 82.3 Å². The Morgan fingerprint density at radius 1 is 1.14 bits per heavy atom. The van der Waals surface area contributed by atoms with Crippen LogP contribution in [0.5, 0.6) is 0 Å². The molecule has 0 fully saturated rings. The average molecular weight is 200 g/mol. The summed E-state index contributed by atoms with van der Waals surface area (Å²) in [5.41, 5.74) is 6.14. The van der Waals surface area contributed by atoms with Crippen molar-refractivity contribution in [1.29, 1.82) is 0 Å². The minimum absolute atomic E-state index is 0.0898. The Balaban J connectivity index is 3.04. The molecule has 0 aliphatic heterocycles. The van der Waals surface area contributed by atoms with Crippen LogP contribution in [-0.4, -0.2) is 19.0 Å². The van der Waals surface area contributed by atoms with Crippen LogP contribution in [-0.2, 0) is 13.1 Å². The molecule has 0 aromatic heterocycles. The van der Waals surface area contributed by atoms with Crippen molar-refractivity contribution in [2.75, 3.05) is 14.1 Å². The first kappa shape index (κ1) is 11.1. The van der Waals surface area contributed by atoms with Crippen molar-refractivity contribution in [2.45, 2.75) is 13.1 Å². The highest BCUT2D eigenvalue weighted by atomic mass is 19.1. The number of benzene rings is 1. The SMILES string of the molecule is CN(C)Cc1cc(CN)c(F)cc1F. The van der Waals surface area contributed by atoms with Gasteiger partial charge in [-0.2, -0.15) is 0 Å². The van der Waals surface area contributed by atoms with Crippen LogP contribution < -0.4 is 5.73 Å². The molecule has 0 saturated heterocycles. The molecule has 14 heavy (non-hydrogen) atoms. The summed E-state index contributed by atoms with van der Waals surface area (Å²) in [6.07, 6.45) is 0. The number of nitrogens with zero attached hydrogens (tertiary/aromatic N) is 1. The van der Waals surface area contributed by atoms with Crippen molar-refractivity contribution in [3.63, 3.8) is 0 Å². The summed E-state index contributed by atoms with van der Waals surface area (Å²) < 4.78 is 26.3. The highest BCUT2D eigenvalue weighted by Gasteiger charge is 2.09. The molecule has 1 aromatic rings. The predicted octanol–water partition coefficient (Wildman–Crippen LogP) is 1.49. The van der Waals surface area contributed by atoms with Gasteiger partial charge in [0.15, 0.2) is 0 Å². The molecule has 0 heterocycles. The van der Waals surface area contributed by atoms with Crippen LogP contribution in [0, 0.1) is 11.6 Å². The van der Waals surface area contributed by atoms with E-state index in [1.54, 1.807) is 0 Å². The zero-order valence-corrected chi connectivity index (χ0v) is 8.35. The van der Waals surface area contributed by atoms with E-state index in [1.807, 2.05) is 19.0 Å². The monoisotopic (exact) mass is 200 g/mol. The summed E-state index contributed by atoms with van der Waals surface area (Å²) >= 11 is 0. The van der Waals surface area contributed by atoms with Gasteiger partial charge >= 0.3 is 0 Å². The van der Waals surface area contributed by atoms with E-state index in [-0.39, 0.29) is 6.54 Å². The maximum Gasteiger partial charge on any atom is 0.130 e. The van der Waals surface area contributed by atoms with Crippen molar-refractivity contribution in [1.82, 2.24) is 4.90 Å². The maximum atomic E-state index is 13.2. The summed E-state index contributed by atoms with van der Waals surface area (Å²) in [6, 6.07) is 2.37. The van der Waals surface area contributed by atoms with Gasteiger partial charge in [-0.25, -0.2) is 8.78 Å². The highest BCUT2D eigenvalue weighted by molar-refractivity contribution is 5.26. The largest absolute Gasteiger partial charge is 0.326 e. The summed E-state index contributed by atoms with van der Waals surface area (Å²) in [5, 5.41) is 0. The zero-order chi connectivity index (χ0) is 10.7. The van der Waals surface area contributed by atoms with Gasteiger partial charge < -0.3 is 10.6 Å². The van der Waals surface area contributed by atoms with Crippen LogP contribution in [0.2, 0.25) is 0 Å². The van der Waals surface area contributed by atoms with E-state index in [0.717, 1.165) is 6.07 Å². The van der Waals surface area contributed by atoms with E-state index in [4.69, 9.17) is 5.73 Å². The lowest BCUT2D eigenvalue weighted by molar-refractivity contribution is 0.391. The molecule has 1 aromatic carbocycles. The molecule has 78 valence electrons. The zero-order valence-electron chi connectivity index (χ0n) is 8.35. The fourth-order valence-corrected chi connectivity index (χ4v) is 1.26. The van der Waals surface area contributed by atoms with E-state index in [1.165, 1.54) is 6.07 Å². The Kier molecular flexibility index (Phi) is 3.55. The minimum atomic E-state index is -0.576. The molecule has 0 atom stereocenters. The molecule has 0 bridgehead atoms. The summed E-state index contributed by atoms with van der Waals surface area (Å²) in [6.45, 7) is 0.533. The Morgan fingerprint density at radius 2 is 1.71 bits per heavy atom. The maximum absolute atomic E-state index is 13.2. The van der Waals surface area contributed by atoms with Crippen molar-refractivity contribution < 1.29 is 8.78 Å². The van der Waals surface area contributed by atoms with Gasteiger partial charge in [0, 0.05) is 30.3 Å². The molecule has 0 aliphatic rings. The molecule has 0 spiro atoms. The Morgan fingerprint density at radius 3 is 2.21 bits per heavy atom. The van der Waals surface area contributed by atoms with Gasteiger partial charge in [-0.3, -0.25) is 0 Å². The number of hydrogen-bond donors (Lipinski definition) is 1. The number of hydrogen-bond acceptors (Lipinski definition) is 2. The fraction of sp³-hybridized carbons (Fsp3) is 0.400. The van der Waals surface area contributed by atoms with Crippen molar-refractivity contribution >= 4 is 0 Å². The van der Waals surface area contributed by atoms with E-state index < -0.39 is 11.6 Å². The van der Waals surface area contributed by atoms with E-state index in [0.29, 0.717) is 17.7 Å². The van der Waals surface area contributed by atoms with Crippen molar-refractivity contribution in [2.24, 2.45) is 5.73 Å². The second-order valence-corrected chi connectivity index (χ2v) is 3.48. The van der Waals surface area contributed by atoms with Gasteiger partial charge in [-0.05, 0) is 20.2 Å². The average Bonchev–Trinajstić information content (AvgIpc) is 2.09. The normalized spacial score (nSPS) is 11.0. The van der Waals surface area contributed by atoms with E-state index >= 15 is 0 Å². The first-order chi connectivity index (χ1) is 6.54. The molecule has 2 nitrogen and oxygen atoms in total. The number of halogens is 2. The van der Waals surface area contributed by atoms with Gasteiger partial charge in [-0.1, -0.05) is 0 Å². The molecule has 1 rings (SSSR count). The molecule has 2 N–H and O–H groups in total. The lowest BCUT2D eigenvalue weighted by Crippen LogP contribution is -2.13. The number of nitrogens with two attached hydrogens (primary N) is 1. The summed E-state index contributed by atoms with van der Waals surface area (Å²) in [4.78, 5) is 1.82. The van der Waals surface area contributed by atoms with Crippen LogP contribution in [0.25, 0.3) is 0 Å². The van der Waals surface area contributed by atoms with Gasteiger partial charge in [0.1, 0.15) is 11.6 Å². The van der Waals surface area contributed by atoms with Crippen LogP contribution in [0.15, 0.2) is 12.1 Å². The molecular formula is C10H14F2N2. The molecule has 0 saturated carbocycles. The van der Waals surface area contributed by atoms with Gasteiger partial charge in [0.2, 0.25) is 0 Å². The van der Waals surface area contributed by atoms with Crippen LogP contribution in [0.3, 0.4) is 0 Å².